The Morgan fingerprint density at radius 2 is 1.96 bits per heavy atom. The van der Waals surface area contributed by atoms with Gasteiger partial charge in [0.2, 0.25) is 0 Å². The molecule has 7 heteroatoms. The second-order valence-corrected chi connectivity index (χ2v) is 6.60. The minimum Gasteiger partial charge on any atom is -0.331 e. The third kappa shape index (κ3) is 2.95. The van der Waals surface area contributed by atoms with Gasteiger partial charge in [-0.3, -0.25) is 14.5 Å². The maximum atomic E-state index is 13.1. The largest absolute Gasteiger partial charge is 0.331 e. The van der Waals surface area contributed by atoms with Crippen LogP contribution in [0.2, 0.25) is 0 Å². The van der Waals surface area contributed by atoms with Crippen molar-refractivity contribution in [3.63, 3.8) is 0 Å². The van der Waals surface area contributed by atoms with Crippen LogP contribution in [0.5, 0.6) is 0 Å². The van der Waals surface area contributed by atoms with E-state index in [0.29, 0.717) is 25.2 Å². The predicted octanol–water partition coefficient (Wildman–Crippen LogP) is 3.50. The van der Waals surface area contributed by atoms with Gasteiger partial charge in [0.15, 0.2) is 0 Å². The highest BCUT2D eigenvalue weighted by molar-refractivity contribution is 9.10. The molecule has 5 nitrogen and oxygen atoms in total. The van der Waals surface area contributed by atoms with Crippen LogP contribution in [-0.2, 0) is 13.1 Å². The number of halogens is 2. The lowest BCUT2D eigenvalue weighted by atomic mass is 10.1. The first kappa shape index (κ1) is 16.0. The van der Waals surface area contributed by atoms with E-state index in [4.69, 9.17) is 0 Å². The molecule has 25 heavy (non-hydrogen) atoms. The molecule has 1 aliphatic heterocycles. The van der Waals surface area contributed by atoms with Crippen molar-refractivity contribution in [2.45, 2.75) is 13.1 Å². The van der Waals surface area contributed by atoms with E-state index in [1.165, 1.54) is 12.1 Å². The van der Waals surface area contributed by atoms with Gasteiger partial charge in [-0.2, -0.15) is 5.10 Å². The van der Waals surface area contributed by atoms with Crippen molar-refractivity contribution in [1.82, 2.24) is 19.7 Å². The van der Waals surface area contributed by atoms with Gasteiger partial charge in [0.1, 0.15) is 11.5 Å². The smallest absolute Gasteiger partial charge is 0.255 e. The average molecular weight is 401 g/mol. The van der Waals surface area contributed by atoms with Crippen molar-refractivity contribution in [2.24, 2.45) is 0 Å². The van der Waals surface area contributed by atoms with Crippen LogP contribution in [0.1, 0.15) is 16.1 Å². The Kier molecular flexibility index (Phi) is 4.09. The van der Waals surface area contributed by atoms with Gasteiger partial charge in [0, 0.05) is 24.5 Å². The minimum absolute atomic E-state index is 0.0456. The fourth-order valence-electron chi connectivity index (χ4n) is 2.92. The standard InChI is InChI=1S/C18H14BrFN4O/c19-16-15-11-23(18(25)13-2-1-7-21-10-13)8-9-24(15)22-17(16)12-3-5-14(20)6-4-12/h1-7,10H,8-9,11H2. The number of aromatic nitrogens is 3. The zero-order valence-corrected chi connectivity index (χ0v) is 14.8. The number of hydrogen-bond acceptors (Lipinski definition) is 3. The first-order valence-electron chi connectivity index (χ1n) is 7.84. The van der Waals surface area contributed by atoms with Crippen LogP contribution >= 0.6 is 15.9 Å². The zero-order valence-electron chi connectivity index (χ0n) is 13.2. The van der Waals surface area contributed by atoms with Gasteiger partial charge in [0.05, 0.1) is 28.8 Å². The quantitative estimate of drug-likeness (QED) is 0.661. The number of rotatable bonds is 2. The maximum absolute atomic E-state index is 13.1. The third-order valence-corrected chi connectivity index (χ3v) is 5.06. The average Bonchev–Trinajstić information content (AvgIpc) is 2.99. The number of carbonyl (C=O) groups excluding carboxylic acids is 1. The lowest BCUT2D eigenvalue weighted by Gasteiger charge is -2.27. The summed E-state index contributed by atoms with van der Waals surface area (Å²) in [6, 6.07) is 9.75. The number of amides is 1. The Labute approximate surface area is 152 Å². The number of hydrogen-bond donors (Lipinski definition) is 0. The van der Waals surface area contributed by atoms with Crippen LogP contribution in [-0.4, -0.2) is 32.1 Å². The molecule has 3 aromatic rings. The van der Waals surface area contributed by atoms with E-state index in [0.717, 1.165) is 21.4 Å². The normalized spacial score (nSPS) is 13.6. The fraction of sp³-hybridized carbons (Fsp3) is 0.167. The lowest BCUT2D eigenvalue weighted by molar-refractivity contribution is 0.0705. The molecule has 4 rings (SSSR count). The molecule has 1 aromatic carbocycles. The highest BCUT2D eigenvalue weighted by Crippen LogP contribution is 2.33. The van der Waals surface area contributed by atoms with Gasteiger partial charge in [-0.15, -0.1) is 0 Å². The van der Waals surface area contributed by atoms with E-state index < -0.39 is 0 Å². The Morgan fingerprint density at radius 1 is 1.16 bits per heavy atom. The number of benzene rings is 1. The second-order valence-electron chi connectivity index (χ2n) is 5.81. The number of fused-ring (bicyclic) bond motifs is 1. The van der Waals surface area contributed by atoms with Crippen molar-refractivity contribution in [2.75, 3.05) is 6.54 Å². The molecule has 0 N–H and O–H groups in total. The van der Waals surface area contributed by atoms with E-state index in [1.54, 1.807) is 41.6 Å². The molecule has 0 aliphatic carbocycles. The summed E-state index contributed by atoms with van der Waals surface area (Å²) >= 11 is 3.60. The number of carbonyl (C=O) groups is 1. The molecule has 0 atom stereocenters. The molecular weight excluding hydrogens is 387 g/mol. The molecule has 3 heterocycles. The SMILES string of the molecule is O=C(c1cccnc1)N1CCn2nc(-c3ccc(F)cc3)c(Br)c2C1. The van der Waals surface area contributed by atoms with Crippen molar-refractivity contribution >= 4 is 21.8 Å². The third-order valence-electron chi connectivity index (χ3n) is 4.23. The Hall–Kier alpha value is -2.54. The first-order valence-corrected chi connectivity index (χ1v) is 8.63. The highest BCUT2D eigenvalue weighted by atomic mass is 79.9. The van der Waals surface area contributed by atoms with E-state index >= 15 is 0 Å². The Morgan fingerprint density at radius 3 is 2.68 bits per heavy atom. The van der Waals surface area contributed by atoms with Crippen LogP contribution in [0.3, 0.4) is 0 Å². The first-order chi connectivity index (χ1) is 12.1. The topological polar surface area (TPSA) is 51.0 Å². The molecular formula is C18H14BrFN4O. The molecule has 0 fully saturated rings. The Balaban J connectivity index is 1.63. The maximum Gasteiger partial charge on any atom is 0.255 e. The molecule has 0 saturated heterocycles. The van der Waals surface area contributed by atoms with E-state index in [2.05, 4.69) is 26.0 Å². The van der Waals surface area contributed by atoms with Gasteiger partial charge in [-0.05, 0) is 52.3 Å². The molecule has 0 bridgehead atoms. The van der Waals surface area contributed by atoms with Crippen LogP contribution in [0.25, 0.3) is 11.3 Å². The fourth-order valence-corrected chi connectivity index (χ4v) is 3.56. The van der Waals surface area contributed by atoms with Gasteiger partial charge in [0.25, 0.3) is 5.91 Å². The summed E-state index contributed by atoms with van der Waals surface area (Å²) in [4.78, 5) is 18.4. The van der Waals surface area contributed by atoms with Gasteiger partial charge >= 0.3 is 0 Å². The van der Waals surface area contributed by atoms with Crippen LogP contribution in [0, 0.1) is 5.82 Å². The summed E-state index contributed by atoms with van der Waals surface area (Å²) in [6.45, 7) is 1.65. The minimum atomic E-state index is -0.280. The van der Waals surface area contributed by atoms with Crippen molar-refractivity contribution in [3.8, 4) is 11.3 Å². The summed E-state index contributed by atoms with van der Waals surface area (Å²) in [5.74, 6) is -0.326. The Bertz CT molecular complexity index is 924. The van der Waals surface area contributed by atoms with E-state index in [1.807, 2.05) is 4.68 Å². The zero-order chi connectivity index (χ0) is 17.4. The lowest BCUT2D eigenvalue weighted by Crippen LogP contribution is -2.38. The van der Waals surface area contributed by atoms with Crippen LogP contribution in [0.15, 0.2) is 53.3 Å². The molecule has 0 saturated carbocycles. The molecule has 0 spiro atoms. The highest BCUT2D eigenvalue weighted by Gasteiger charge is 2.26. The molecule has 0 radical (unpaired) electrons. The summed E-state index contributed by atoms with van der Waals surface area (Å²) in [5, 5.41) is 4.61. The van der Waals surface area contributed by atoms with Crippen molar-refractivity contribution in [3.05, 3.63) is 70.3 Å². The predicted molar refractivity (Wildman–Crippen MR) is 94.3 cm³/mol. The second kappa shape index (κ2) is 6.40. The summed E-state index contributed by atoms with van der Waals surface area (Å²) in [7, 11) is 0. The molecule has 0 unspecified atom stereocenters. The van der Waals surface area contributed by atoms with Gasteiger partial charge in [-0.25, -0.2) is 4.39 Å². The van der Waals surface area contributed by atoms with Crippen molar-refractivity contribution in [1.29, 1.82) is 0 Å². The van der Waals surface area contributed by atoms with E-state index in [9.17, 15) is 9.18 Å². The van der Waals surface area contributed by atoms with Gasteiger partial charge in [-0.1, -0.05) is 0 Å². The molecule has 1 aliphatic rings. The van der Waals surface area contributed by atoms with Crippen LogP contribution in [0.4, 0.5) is 4.39 Å². The van der Waals surface area contributed by atoms with Crippen molar-refractivity contribution < 1.29 is 9.18 Å². The van der Waals surface area contributed by atoms with Crippen LogP contribution < -0.4 is 0 Å². The molecule has 1 amide bonds. The monoisotopic (exact) mass is 400 g/mol. The molecule has 126 valence electrons. The molecule has 2 aromatic heterocycles. The van der Waals surface area contributed by atoms with Gasteiger partial charge < -0.3 is 4.90 Å². The summed E-state index contributed by atoms with van der Waals surface area (Å²) in [5.41, 5.74) is 3.10. The summed E-state index contributed by atoms with van der Waals surface area (Å²) < 4.78 is 15.9. The number of pyridine rings is 1. The van der Waals surface area contributed by atoms with E-state index in [-0.39, 0.29) is 11.7 Å². The number of nitrogens with zero attached hydrogens (tertiary/aromatic N) is 4. The summed E-state index contributed by atoms with van der Waals surface area (Å²) in [6.07, 6.45) is 3.22.